The second-order valence-electron chi connectivity index (χ2n) is 12.3. The van der Waals surface area contributed by atoms with Crippen LogP contribution in [0.15, 0.2) is 152 Å². The molecule has 0 saturated heterocycles. The largest absolute Gasteiger partial charge is 0.310 e. The van der Waals surface area contributed by atoms with Gasteiger partial charge in [-0.2, -0.15) is 10.5 Å². The zero-order chi connectivity index (χ0) is 33.8. The first-order chi connectivity index (χ1) is 24.6. The number of para-hydroxylation sites is 2. The first-order valence-corrected chi connectivity index (χ1v) is 16.2. The van der Waals surface area contributed by atoms with Gasteiger partial charge in [-0.05, 0) is 83.4 Å². The number of nitriles is 2. The molecule has 9 aromatic rings. The Hall–Kier alpha value is -7.39. The average Bonchev–Trinajstić information content (AvgIpc) is 3.70. The topological polar surface area (TPSA) is 61.8 Å². The van der Waals surface area contributed by atoms with Gasteiger partial charge in [0.15, 0.2) is 5.69 Å². The third-order valence-corrected chi connectivity index (χ3v) is 9.61. The second-order valence-corrected chi connectivity index (χ2v) is 12.3. The lowest BCUT2D eigenvalue weighted by Gasteiger charge is -2.15. The number of fused-ring (bicyclic) bond motifs is 6. The molecule has 0 saturated carbocycles. The van der Waals surface area contributed by atoms with Crippen molar-refractivity contribution in [3.05, 3.63) is 174 Å². The quantitative estimate of drug-likeness (QED) is 0.181. The summed E-state index contributed by atoms with van der Waals surface area (Å²) in [5.74, 6) is 0. The van der Waals surface area contributed by atoms with Crippen LogP contribution in [0.1, 0.15) is 11.1 Å². The lowest BCUT2D eigenvalue weighted by molar-refractivity contribution is 1.18. The molecule has 0 spiro atoms. The number of nitrogens with zero attached hydrogens (tertiary/aromatic N) is 5. The van der Waals surface area contributed by atoms with Crippen LogP contribution >= 0.6 is 0 Å². The van der Waals surface area contributed by atoms with Crippen molar-refractivity contribution in [3.8, 4) is 45.8 Å². The van der Waals surface area contributed by atoms with Crippen LogP contribution in [0.25, 0.3) is 82.1 Å². The number of hydrogen-bond acceptors (Lipinski definition) is 2. The molecule has 230 valence electrons. The molecule has 0 aliphatic rings. The molecule has 2 heterocycles. The highest BCUT2D eigenvalue weighted by molar-refractivity contribution is 6.11. The van der Waals surface area contributed by atoms with Gasteiger partial charge in [-0.3, -0.25) is 0 Å². The maximum absolute atomic E-state index is 9.61. The minimum atomic E-state index is 0.564. The van der Waals surface area contributed by atoms with E-state index >= 15 is 0 Å². The molecule has 50 heavy (non-hydrogen) atoms. The van der Waals surface area contributed by atoms with Gasteiger partial charge in [0.2, 0.25) is 0 Å². The normalized spacial score (nSPS) is 11.1. The van der Waals surface area contributed by atoms with Crippen molar-refractivity contribution in [1.29, 1.82) is 10.5 Å². The smallest absolute Gasteiger partial charge is 0.189 e. The maximum Gasteiger partial charge on any atom is 0.189 e. The predicted octanol–water partition coefficient (Wildman–Crippen LogP) is 11.5. The van der Waals surface area contributed by atoms with Crippen molar-refractivity contribution < 1.29 is 0 Å². The van der Waals surface area contributed by atoms with Crippen molar-refractivity contribution in [2.45, 2.75) is 0 Å². The van der Waals surface area contributed by atoms with Gasteiger partial charge in [-0.1, -0.05) is 84.9 Å². The van der Waals surface area contributed by atoms with Crippen LogP contribution in [0, 0.1) is 29.2 Å². The molecule has 0 fully saturated rings. The van der Waals surface area contributed by atoms with Crippen LogP contribution in [-0.2, 0) is 0 Å². The van der Waals surface area contributed by atoms with Crippen molar-refractivity contribution in [3.63, 3.8) is 0 Å². The zero-order valence-corrected chi connectivity index (χ0v) is 26.7. The molecular formula is C45H25N5. The van der Waals surface area contributed by atoms with Gasteiger partial charge >= 0.3 is 0 Å². The van der Waals surface area contributed by atoms with E-state index in [0.29, 0.717) is 16.8 Å². The van der Waals surface area contributed by atoms with Crippen LogP contribution in [-0.4, -0.2) is 9.13 Å². The van der Waals surface area contributed by atoms with Crippen LogP contribution in [0.3, 0.4) is 0 Å². The molecule has 5 nitrogen and oxygen atoms in total. The molecule has 7 aromatic carbocycles. The fourth-order valence-corrected chi connectivity index (χ4v) is 7.29. The highest BCUT2D eigenvalue weighted by Gasteiger charge is 2.17. The van der Waals surface area contributed by atoms with Crippen molar-refractivity contribution in [2.24, 2.45) is 0 Å². The molecule has 0 amide bonds. The zero-order valence-electron chi connectivity index (χ0n) is 26.7. The van der Waals surface area contributed by atoms with Crippen molar-refractivity contribution in [1.82, 2.24) is 9.13 Å². The van der Waals surface area contributed by atoms with Gasteiger partial charge in [-0.25, -0.2) is 4.85 Å². The highest BCUT2D eigenvalue weighted by Crippen LogP contribution is 2.39. The molecule has 0 atom stereocenters. The third kappa shape index (κ3) is 4.45. The van der Waals surface area contributed by atoms with E-state index in [1.54, 1.807) is 0 Å². The van der Waals surface area contributed by atoms with Gasteiger partial charge < -0.3 is 9.13 Å². The molecule has 9 rings (SSSR count). The fraction of sp³-hybridized carbons (Fsp3) is 0. The second kappa shape index (κ2) is 11.4. The monoisotopic (exact) mass is 635 g/mol. The molecule has 0 N–H and O–H groups in total. The van der Waals surface area contributed by atoms with Gasteiger partial charge in [0.05, 0.1) is 51.9 Å². The Morgan fingerprint density at radius 3 is 1.54 bits per heavy atom. The van der Waals surface area contributed by atoms with Crippen molar-refractivity contribution >= 4 is 49.3 Å². The summed E-state index contributed by atoms with van der Waals surface area (Å²) in [6.07, 6.45) is 0. The number of hydrogen-bond donors (Lipinski definition) is 0. The SMILES string of the molecule is [C-]#[N+]c1ccc(-c2ccc(-c3ccc(-n4c5ccccc5c5cc(C#N)ccc54)cc3)cc2)c(-n2c3ccccc3c3cc(C#N)ccc32)c1. The summed E-state index contributed by atoms with van der Waals surface area (Å²) >= 11 is 0. The first kappa shape index (κ1) is 28.8. The minimum absolute atomic E-state index is 0.564. The Balaban J connectivity index is 1.12. The Morgan fingerprint density at radius 1 is 0.460 bits per heavy atom. The predicted molar refractivity (Wildman–Crippen MR) is 202 cm³/mol. The van der Waals surface area contributed by atoms with Gasteiger partial charge in [0, 0.05) is 38.5 Å². The summed E-state index contributed by atoms with van der Waals surface area (Å²) in [7, 11) is 0. The molecule has 0 radical (unpaired) electrons. The van der Waals surface area contributed by atoms with E-state index in [-0.39, 0.29) is 0 Å². The Bertz CT molecular complexity index is 2940. The highest BCUT2D eigenvalue weighted by atomic mass is 15.0. The molecule has 0 aliphatic heterocycles. The third-order valence-electron chi connectivity index (χ3n) is 9.61. The van der Waals surface area contributed by atoms with E-state index in [1.165, 1.54) is 0 Å². The lowest BCUT2D eigenvalue weighted by Crippen LogP contribution is -1.97. The summed E-state index contributed by atoms with van der Waals surface area (Å²) in [5, 5.41) is 23.4. The van der Waals surface area contributed by atoms with E-state index in [9.17, 15) is 10.5 Å². The van der Waals surface area contributed by atoms with Crippen LogP contribution in [0.5, 0.6) is 0 Å². The number of benzene rings is 7. The lowest BCUT2D eigenvalue weighted by atomic mass is 9.98. The fourth-order valence-electron chi connectivity index (χ4n) is 7.29. The number of rotatable bonds is 4. The van der Waals surface area contributed by atoms with E-state index < -0.39 is 0 Å². The molecular weight excluding hydrogens is 611 g/mol. The van der Waals surface area contributed by atoms with E-state index in [4.69, 9.17) is 6.57 Å². The van der Waals surface area contributed by atoms with Gasteiger partial charge in [0.25, 0.3) is 0 Å². The molecule has 0 unspecified atom stereocenters. The standard InChI is InChI=1S/C45H25N5/c1-48-34-18-21-36(45(26-34)50-42-9-5-3-7-38(42)40-25-30(28-47)11-23-44(40)50)33-14-12-31(13-15-33)32-16-19-35(20-17-32)49-41-8-4-2-6-37(41)39-24-29(27-46)10-22-43(39)49/h2-26H. The Labute approximate surface area is 288 Å². The Kier molecular flexibility index (Phi) is 6.56. The molecule has 2 aromatic heterocycles. The average molecular weight is 636 g/mol. The summed E-state index contributed by atoms with van der Waals surface area (Å²) in [5.41, 5.74) is 12.2. The van der Waals surface area contributed by atoms with Crippen LogP contribution < -0.4 is 0 Å². The summed E-state index contributed by atoms with van der Waals surface area (Å²) < 4.78 is 4.46. The van der Waals surface area contributed by atoms with E-state index in [2.05, 4.69) is 98.9 Å². The number of aromatic nitrogens is 2. The molecule has 0 aliphatic carbocycles. The summed E-state index contributed by atoms with van der Waals surface area (Å²) in [6.45, 7) is 7.77. The summed E-state index contributed by atoms with van der Waals surface area (Å²) in [4.78, 5) is 3.76. The maximum atomic E-state index is 9.61. The summed E-state index contributed by atoms with van der Waals surface area (Å²) in [6, 6.07) is 55.8. The van der Waals surface area contributed by atoms with E-state index in [1.807, 2.05) is 78.9 Å². The molecule has 0 bridgehead atoms. The van der Waals surface area contributed by atoms with Gasteiger partial charge in [0.1, 0.15) is 0 Å². The van der Waals surface area contributed by atoms with E-state index in [0.717, 1.165) is 77.2 Å². The van der Waals surface area contributed by atoms with Crippen LogP contribution in [0.4, 0.5) is 5.69 Å². The minimum Gasteiger partial charge on any atom is -0.310 e. The first-order valence-electron chi connectivity index (χ1n) is 16.2. The van der Waals surface area contributed by atoms with Gasteiger partial charge in [-0.15, -0.1) is 0 Å². The van der Waals surface area contributed by atoms with Crippen LogP contribution in [0.2, 0.25) is 0 Å². The van der Waals surface area contributed by atoms with Crippen molar-refractivity contribution in [2.75, 3.05) is 0 Å². The Morgan fingerprint density at radius 2 is 0.960 bits per heavy atom. The molecule has 5 heteroatoms.